The van der Waals surface area contributed by atoms with Gasteiger partial charge < -0.3 is 10.4 Å². The van der Waals surface area contributed by atoms with E-state index in [2.05, 4.69) is 34.6 Å². The molecule has 3 rings (SSSR count). The lowest BCUT2D eigenvalue weighted by Crippen LogP contribution is -2.41. The Morgan fingerprint density at radius 3 is 2.85 bits per heavy atom. The number of fused-ring (bicyclic) bond motifs is 1. The number of hydrogen-bond acceptors (Lipinski definition) is 3. The average molecular weight is 270 g/mol. The molecule has 1 fully saturated rings. The predicted molar refractivity (Wildman–Crippen MR) is 81.5 cm³/mol. The molecule has 1 saturated carbocycles. The Labute approximate surface area is 120 Å². The molecule has 2 aromatic rings. The summed E-state index contributed by atoms with van der Waals surface area (Å²) in [6.07, 6.45) is 9.15. The van der Waals surface area contributed by atoms with E-state index in [0.717, 1.165) is 32.2 Å². The van der Waals surface area contributed by atoms with Crippen LogP contribution in [0.15, 0.2) is 36.7 Å². The molecule has 0 radical (unpaired) electrons. The second-order valence-electron chi connectivity index (χ2n) is 5.90. The van der Waals surface area contributed by atoms with Crippen molar-refractivity contribution in [1.29, 1.82) is 0 Å². The van der Waals surface area contributed by atoms with Crippen molar-refractivity contribution in [2.24, 2.45) is 0 Å². The van der Waals surface area contributed by atoms with Crippen LogP contribution in [0.4, 0.5) is 0 Å². The fourth-order valence-electron chi connectivity index (χ4n) is 3.16. The zero-order valence-corrected chi connectivity index (χ0v) is 11.8. The molecule has 1 heterocycles. The number of aromatic nitrogens is 1. The third kappa shape index (κ3) is 3.00. The lowest BCUT2D eigenvalue weighted by Gasteiger charge is -2.32. The van der Waals surface area contributed by atoms with Crippen molar-refractivity contribution in [3.63, 3.8) is 0 Å². The number of nitrogens with zero attached hydrogens (tertiary/aromatic N) is 1. The molecule has 0 aliphatic heterocycles. The van der Waals surface area contributed by atoms with Crippen molar-refractivity contribution in [2.75, 3.05) is 6.54 Å². The maximum Gasteiger partial charge on any atom is 0.0771 e. The van der Waals surface area contributed by atoms with E-state index in [1.165, 1.54) is 22.8 Å². The number of rotatable bonds is 4. The summed E-state index contributed by atoms with van der Waals surface area (Å²) < 4.78 is 0. The van der Waals surface area contributed by atoms with E-state index >= 15 is 0 Å². The van der Waals surface area contributed by atoms with Crippen molar-refractivity contribution >= 4 is 10.8 Å². The van der Waals surface area contributed by atoms with Crippen LogP contribution in [0.2, 0.25) is 0 Å². The summed E-state index contributed by atoms with van der Waals surface area (Å²) in [5.74, 6) is 0. The summed E-state index contributed by atoms with van der Waals surface area (Å²) in [6.45, 7) is 1.48. The number of benzene rings is 1. The highest BCUT2D eigenvalue weighted by Crippen LogP contribution is 2.27. The minimum Gasteiger partial charge on any atom is -0.389 e. The van der Waals surface area contributed by atoms with E-state index in [-0.39, 0.29) is 0 Å². The SMILES string of the molecule is OC1(CNCc2cccc3cnccc23)CCCCC1. The van der Waals surface area contributed by atoms with Crippen LogP contribution in [0.3, 0.4) is 0 Å². The molecule has 0 atom stereocenters. The van der Waals surface area contributed by atoms with Crippen LogP contribution < -0.4 is 5.32 Å². The van der Waals surface area contributed by atoms with E-state index in [4.69, 9.17) is 0 Å². The van der Waals surface area contributed by atoms with Gasteiger partial charge in [0.1, 0.15) is 0 Å². The topological polar surface area (TPSA) is 45.1 Å². The monoisotopic (exact) mass is 270 g/mol. The van der Waals surface area contributed by atoms with E-state index in [9.17, 15) is 5.11 Å². The van der Waals surface area contributed by atoms with E-state index in [0.29, 0.717) is 6.54 Å². The van der Waals surface area contributed by atoms with Crippen molar-refractivity contribution in [1.82, 2.24) is 10.3 Å². The molecule has 0 spiro atoms. The first kappa shape index (κ1) is 13.5. The summed E-state index contributed by atoms with van der Waals surface area (Å²) >= 11 is 0. The largest absolute Gasteiger partial charge is 0.389 e. The zero-order valence-electron chi connectivity index (χ0n) is 11.8. The van der Waals surface area contributed by atoms with Gasteiger partial charge in [-0.25, -0.2) is 0 Å². The molecule has 0 bridgehead atoms. The van der Waals surface area contributed by atoms with Gasteiger partial charge in [-0.3, -0.25) is 4.98 Å². The lowest BCUT2D eigenvalue weighted by molar-refractivity contribution is 0.00469. The summed E-state index contributed by atoms with van der Waals surface area (Å²) in [6, 6.07) is 8.35. The van der Waals surface area contributed by atoms with Gasteiger partial charge >= 0.3 is 0 Å². The Morgan fingerprint density at radius 1 is 1.15 bits per heavy atom. The molecule has 20 heavy (non-hydrogen) atoms. The standard InChI is InChI=1S/C17H22N2O/c20-17(8-2-1-3-9-17)13-19-12-15-6-4-5-14-11-18-10-7-16(14)15/h4-7,10-11,19-20H,1-3,8-9,12-13H2. The van der Waals surface area contributed by atoms with Crippen LogP contribution in [-0.2, 0) is 6.54 Å². The molecule has 0 amide bonds. The second-order valence-corrected chi connectivity index (χ2v) is 5.90. The van der Waals surface area contributed by atoms with Crippen molar-refractivity contribution in [3.05, 3.63) is 42.2 Å². The van der Waals surface area contributed by atoms with Gasteiger partial charge in [-0.05, 0) is 29.9 Å². The van der Waals surface area contributed by atoms with Crippen LogP contribution in [0.5, 0.6) is 0 Å². The molecule has 106 valence electrons. The van der Waals surface area contributed by atoms with Gasteiger partial charge in [-0.15, -0.1) is 0 Å². The summed E-state index contributed by atoms with van der Waals surface area (Å²) in [5, 5.41) is 16.3. The number of pyridine rings is 1. The Hall–Kier alpha value is -1.45. The first-order chi connectivity index (χ1) is 9.77. The highest BCUT2D eigenvalue weighted by molar-refractivity contribution is 5.84. The minimum atomic E-state index is -0.496. The normalized spacial score (nSPS) is 18.2. The Balaban J connectivity index is 1.65. The van der Waals surface area contributed by atoms with Gasteiger partial charge in [0, 0.05) is 30.9 Å². The van der Waals surface area contributed by atoms with Gasteiger partial charge in [0.25, 0.3) is 0 Å². The van der Waals surface area contributed by atoms with Gasteiger partial charge in [0.05, 0.1) is 5.60 Å². The number of nitrogens with one attached hydrogen (secondary N) is 1. The third-order valence-electron chi connectivity index (χ3n) is 4.32. The van der Waals surface area contributed by atoms with Crippen LogP contribution in [0.1, 0.15) is 37.7 Å². The molecule has 2 N–H and O–H groups in total. The Kier molecular flexibility index (Phi) is 3.99. The minimum absolute atomic E-state index is 0.496. The van der Waals surface area contributed by atoms with E-state index < -0.39 is 5.60 Å². The quantitative estimate of drug-likeness (QED) is 0.897. The maximum absolute atomic E-state index is 10.5. The van der Waals surface area contributed by atoms with Gasteiger partial charge in [-0.2, -0.15) is 0 Å². The average Bonchev–Trinajstić information content (AvgIpc) is 2.48. The van der Waals surface area contributed by atoms with Crippen molar-refractivity contribution < 1.29 is 5.11 Å². The number of hydrogen-bond donors (Lipinski definition) is 2. The molecule has 3 heteroatoms. The van der Waals surface area contributed by atoms with Crippen LogP contribution in [-0.4, -0.2) is 22.2 Å². The maximum atomic E-state index is 10.5. The molecule has 0 saturated heterocycles. The van der Waals surface area contributed by atoms with Crippen LogP contribution in [0.25, 0.3) is 10.8 Å². The van der Waals surface area contributed by atoms with Crippen molar-refractivity contribution in [3.8, 4) is 0 Å². The van der Waals surface area contributed by atoms with E-state index in [1.54, 1.807) is 0 Å². The van der Waals surface area contributed by atoms with Crippen LogP contribution in [0, 0.1) is 0 Å². The van der Waals surface area contributed by atoms with Gasteiger partial charge in [0.2, 0.25) is 0 Å². The lowest BCUT2D eigenvalue weighted by atomic mass is 9.85. The fourth-order valence-corrected chi connectivity index (χ4v) is 3.16. The zero-order chi connectivity index (χ0) is 13.8. The fraction of sp³-hybridized carbons (Fsp3) is 0.471. The summed E-state index contributed by atoms with van der Waals surface area (Å²) in [4.78, 5) is 4.16. The second kappa shape index (κ2) is 5.90. The molecule has 3 nitrogen and oxygen atoms in total. The molecule has 1 aliphatic carbocycles. The Morgan fingerprint density at radius 2 is 2.00 bits per heavy atom. The van der Waals surface area contributed by atoms with E-state index in [1.807, 2.05) is 12.4 Å². The molecular weight excluding hydrogens is 248 g/mol. The summed E-state index contributed by atoms with van der Waals surface area (Å²) in [7, 11) is 0. The molecule has 1 aliphatic rings. The highest BCUT2D eigenvalue weighted by Gasteiger charge is 2.28. The predicted octanol–water partition coefficient (Wildman–Crippen LogP) is 3.02. The molecule has 1 aromatic carbocycles. The number of aliphatic hydroxyl groups is 1. The highest BCUT2D eigenvalue weighted by atomic mass is 16.3. The molecule has 1 aromatic heterocycles. The summed E-state index contributed by atoms with van der Waals surface area (Å²) in [5.41, 5.74) is 0.772. The Bertz CT molecular complexity index is 571. The van der Waals surface area contributed by atoms with Crippen molar-refractivity contribution in [2.45, 2.75) is 44.2 Å². The third-order valence-corrected chi connectivity index (χ3v) is 4.32. The molecule has 0 unspecified atom stereocenters. The smallest absolute Gasteiger partial charge is 0.0771 e. The first-order valence-corrected chi connectivity index (χ1v) is 7.52. The van der Waals surface area contributed by atoms with Gasteiger partial charge in [0.15, 0.2) is 0 Å². The van der Waals surface area contributed by atoms with Gasteiger partial charge in [-0.1, -0.05) is 37.5 Å². The van der Waals surface area contributed by atoms with Crippen LogP contribution >= 0.6 is 0 Å². The first-order valence-electron chi connectivity index (χ1n) is 7.52. The molecular formula is C17H22N2O.